The van der Waals surface area contributed by atoms with Gasteiger partial charge in [0.25, 0.3) is 5.56 Å². The Balaban J connectivity index is 2.23. The van der Waals surface area contributed by atoms with Gasteiger partial charge in [-0.1, -0.05) is 0 Å². The minimum Gasteiger partial charge on any atom is -0.375 e. The molecule has 0 aliphatic carbocycles. The van der Waals surface area contributed by atoms with E-state index in [2.05, 4.69) is 30.8 Å². The van der Waals surface area contributed by atoms with Crippen LogP contribution in [-0.2, 0) is 36.3 Å². The van der Waals surface area contributed by atoms with Crippen molar-refractivity contribution in [2.24, 2.45) is 0 Å². The second kappa shape index (κ2) is 9.55. The van der Waals surface area contributed by atoms with Crippen molar-refractivity contribution < 1.29 is 55.9 Å². The summed E-state index contributed by atoms with van der Waals surface area (Å²) in [4.78, 5) is 61.9. The van der Waals surface area contributed by atoms with Gasteiger partial charge in [-0.15, -0.1) is 0 Å². The van der Waals surface area contributed by atoms with Crippen LogP contribution >= 0.6 is 36.1 Å². The second-order valence-electron chi connectivity index (χ2n) is 6.81. The summed E-state index contributed by atoms with van der Waals surface area (Å²) in [6, 6.07) is 0. The number of ether oxygens (including phenoxy) is 2. The average molecular weight is 542 g/mol. The molecule has 0 saturated carbocycles. The third-order valence-electron chi connectivity index (χ3n) is 4.23. The molecule has 20 heteroatoms. The Morgan fingerprint density at radius 3 is 2.31 bits per heavy atom. The summed E-state index contributed by atoms with van der Waals surface area (Å²) in [5, 5.41) is -0.913. The fraction of sp³-hybridized carbons (Fsp3) is 0.667. The molecular weight excluding hydrogens is 521 g/mol. The van der Waals surface area contributed by atoms with E-state index in [1.165, 1.54) is 27.2 Å². The lowest BCUT2D eigenvalue weighted by atomic mass is 10.0. The van der Waals surface area contributed by atoms with E-state index in [9.17, 15) is 33.1 Å². The molecule has 16 nitrogen and oxygen atoms in total. The van der Waals surface area contributed by atoms with Gasteiger partial charge >= 0.3 is 29.2 Å². The quantitative estimate of drug-likeness (QED) is 0.175. The fourth-order valence-electron chi connectivity index (χ4n) is 2.78. The molecule has 0 bridgehead atoms. The molecule has 1 aliphatic rings. The monoisotopic (exact) mass is 542 g/mol. The summed E-state index contributed by atoms with van der Waals surface area (Å²) in [6.07, 6.45) is -0.886. The van der Waals surface area contributed by atoms with E-state index in [1.54, 1.807) is 0 Å². The van der Waals surface area contributed by atoms with E-state index in [0.717, 1.165) is 4.57 Å². The van der Waals surface area contributed by atoms with Gasteiger partial charge in [-0.25, -0.2) is 18.5 Å². The first-order valence-corrected chi connectivity index (χ1v) is 13.4. The van der Waals surface area contributed by atoms with Crippen molar-refractivity contribution in [3.05, 3.63) is 32.6 Å². The Kier molecular flexibility index (Phi) is 8.23. The molecule has 0 aromatic carbocycles. The maximum Gasteiger partial charge on any atom is 0.490 e. The van der Waals surface area contributed by atoms with Gasteiger partial charge in [0.05, 0.1) is 11.9 Å². The van der Waals surface area contributed by atoms with Crippen LogP contribution in [-0.4, -0.2) is 59.8 Å². The third kappa shape index (κ3) is 6.70. The van der Waals surface area contributed by atoms with Crippen LogP contribution in [0.5, 0.6) is 0 Å². The number of hydrogen-bond donors (Lipinski definition) is 6. The van der Waals surface area contributed by atoms with Gasteiger partial charge in [-0.2, -0.15) is 21.3 Å². The molecule has 0 amide bonds. The molecule has 5 N–H and O–H groups in total. The normalized spacial score (nSPS) is 30.1. The molecular formula is C12H21N2O14P3S. The van der Waals surface area contributed by atoms with E-state index >= 15 is 0 Å². The van der Waals surface area contributed by atoms with Crippen LogP contribution in [0.15, 0.2) is 15.8 Å². The van der Waals surface area contributed by atoms with Gasteiger partial charge in [-0.3, -0.25) is 18.9 Å². The molecule has 0 radical (unpaired) electrons. The molecule has 6 atom stereocenters. The SMILES string of the molecule is CO[C@H]1[C@H](n2cc(C)c(=O)[nH]c2=O)O[C@](C)(COP(=O)(O)OP(=O)(O)OP(=O)(O)O)[C@H]1S. The predicted octanol–water partition coefficient (Wildman–Crippen LogP) is -0.211. The average Bonchev–Trinajstić information content (AvgIpc) is 2.84. The van der Waals surface area contributed by atoms with E-state index in [1.807, 2.05) is 0 Å². The number of thiol groups is 1. The van der Waals surface area contributed by atoms with Gasteiger partial charge < -0.3 is 29.0 Å². The molecule has 1 aromatic heterocycles. The van der Waals surface area contributed by atoms with Gasteiger partial charge in [0.2, 0.25) is 0 Å². The molecule has 1 saturated heterocycles. The molecule has 2 unspecified atom stereocenters. The Labute approximate surface area is 185 Å². The molecule has 0 spiro atoms. The summed E-state index contributed by atoms with van der Waals surface area (Å²) in [5.41, 5.74) is -2.83. The zero-order valence-electron chi connectivity index (χ0n) is 16.6. The molecule has 1 aliphatic heterocycles. The molecule has 2 rings (SSSR count). The van der Waals surface area contributed by atoms with Crippen LogP contribution in [0.1, 0.15) is 18.7 Å². The highest BCUT2D eigenvalue weighted by molar-refractivity contribution is 7.81. The Bertz CT molecular complexity index is 1110. The van der Waals surface area contributed by atoms with Crippen LogP contribution in [0.25, 0.3) is 0 Å². The number of nitrogens with zero attached hydrogens (tertiary/aromatic N) is 1. The summed E-state index contributed by atoms with van der Waals surface area (Å²) < 4.78 is 58.2. The number of phosphoric ester groups is 1. The van der Waals surface area contributed by atoms with Crippen molar-refractivity contribution in [1.82, 2.24) is 9.55 Å². The summed E-state index contributed by atoms with van der Waals surface area (Å²) in [6.45, 7) is 1.97. The Morgan fingerprint density at radius 1 is 1.19 bits per heavy atom. The minimum absolute atomic E-state index is 0.181. The number of aryl methyl sites for hydroxylation is 1. The number of rotatable bonds is 9. The first-order chi connectivity index (χ1) is 14.4. The number of nitrogens with one attached hydrogen (secondary N) is 1. The fourth-order valence-corrected chi connectivity index (χ4v) is 6.30. The zero-order valence-corrected chi connectivity index (χ0v) is 20.2. The van der Waals surface area contributed by atoms with E-state index < -0.39 is 64.5 Å². The van der Waals surface area contributed by atoms with Gasteiger partial charge in [0.15, 0.2) is 6.23 Å². The summed E-state index contributed by atoms with van der Waals surface area (Å²) >= 11 is 4.35. The van der Waals surface area contributed by atoms with Crippen molar-refractivity contribution in [1.29, 1.82) is 0 Å². The zero-order chi connectivity index (χ0) is 24.7. The predicted molar refractivity (Wildman–Crippen MR) is 108 cm³/mol. The standard InChI is InChI=1S/C12H21N2O14P3S/c1-6-4-14(11(16)13-9(6)15)10-7(24-3)8(32)12(2,26-10)5-25-30(20,21)28-31(22,23)27-29(17,18)19/h4,7-8,10,32H,5H2,1-3H3,(H,20,21)(H,22,23)(H,13,15,16)(H2,17,18,19)/t7-,8+,10-,12-/m1/s1. The molecule has 2 heterocycles. The molecule has 184 valence electrons. The van der Waals surface area contributed by atoms with Crippen molar-refractivity contribution in [2.75, 3.05) is 13.7 Å². The van der Waals surface area contributed by atoms with Gasteiger partial charge in [0.1, 0.15) is 11.7 Å². The highest BCUT2D eigenvalue weighted by atomic mass is 32.1. The molecule has 32 heavy (non-hydrogen) atoms. The number of phosphoric acid groups is 3. The maximum absolute atomic E-state index is 12.2. The highest BCUT2D eigenvalue weighted by Gasteiger charge is 2.54. The third-order valence-corrected chi connectivity index (χ3v) is 8.85. The number of aromatic nitrogens is 2. The van der Waals surface area contributed by atoms with Crippen LogP contribution < -0.4 is 11.2 Å². The number of methoxy groups -OCH3 is 1. The van der Waals surface area contributed by atoms with E-state index in [4.69, 9.17) is 19.3 Å². The van der Waals surface area contributed by atoms with Crippen LogP contribution in [0.4, 0.5) is 0 Å². The summed E-state index contributed by atoms with van der Waals surface area (Å²) in [5.74, 6) is 0. The van der Waals surface area contributed by atoms with Gasteiger partial charge in [-0.05, 0) is 13.8 Å². The largest absolute Gasteiger partial charge is 0.490 e. The van der Waals surface area contributed by atoms with Crippen LogP contribution in [0.2, 0.25) is 0 Å². The Morgan fingerprint density at radius 2 is 1.78 bits per heavy atom. The van der Waals surface area contributed by atoms with Crippen molar-refractivity contribution in [3.8, 4) is 0 Å². The molecule has 1 aromatic rings. The topological polar surface area (TPSA) is 233 Å². The number of H-pyrrole nitrogens is 1. The minimum atomic E-state index is -5.69. The molecule has 1 fully saturated rings. The van der Waals surface area contributed by atoms with Crippen molar-refractivity contribution >= 4 is 36.1 Å². The smallest absolute Gasteiger partial charge is 0.375 e. The van der Waals surface area contributed by atoms with Crippen LogP contribution in [0, 0.1) is 6.92 Å². The van der Waals surface area contributed by atoms with E-state index in [-0.39, 0.29) is 5.56 Å². The number of aromatic amines is 1. The first kappa shape index (κ1) is 27.6. The number of hydrogen-bond acceptors (Lipinski definition) is 11. The van der Waals surface area contributed by atoms with Crippen molar-refractivity contribution in [2.45, 2.75) is 37.0 Å². The highest BCUT2D eigenvalue weighted by Crippen LogP contribution is 2.66. The second-order valence-corrected chi connectivity index (χ2v) is 11.8. The van der Waals surface area contributed by atoms with E-state index in [0.29, 0.717) is 0 Å². The van der Waals surface area contributed by atoms with Crippen molar-refractivity contribution in [3.63, 3.8) is 0 Å². The first-order valence-electron chi connectivity index (χ1n) is 8.39. The lowest BCUT2D eigenvalue weighted by Gasteiger charge is -2.28. The summed E-state index contributed by atoms with van der Waals surface area (Å²) in [7, 11) is -15.4. The van der Waals surface area contributed by atoms with Gasteiger partial charge in [0, 0.05) is 18.9 Å². The lowest BCUT2D eigenvalue weighted by molar-refractivity contribution is -0.103. The van der Waals surface area contributed by atoms with Crippen LogP contribution in [0.3, 0.4) is 0 Å². The maximum atomic E-state index is 12.2. The Hall–Kier alpha value is -0.640. The lowest BCUT2D eigenvalue weighted by Crippen LogP contribution is -2.41.